The van der Waals surface area contributed by atoms with Crippen molar-refractivity contribution in [1.82, 2.24) is 10.3 Å². The van der Waals surface area contributed by atoms with Gasteiger partial charge in [0, 0.05) is 32.4 Å². The number of hydrogen-bond donors (Lipinski definition) is 1. The fourth-order valence-corrected chi connectivity index (χ4v) is 2.35. The molecule has 114 valence electrons. The van der Waals surface area contributed by atoms with E-state index in [-0.39, 0.29) is 0 Å². The van der Waals surface area contributed by atoms with Gasteiger partial charge in [-0.05, 0) is 38.0 Å². The molecule has 1 atom stereocenters. The Morgan fingerprint density at radius 2 is 2.05 bits per heavy atom. The van der Waals surface area contributed by atoms with E-state index in [0.29, 0.717) is 18.7 Å². The van der Waals surface area contributed by atoms with Gasteiger partial charge >= 0.3 is 0 Å². The van der Waals surface area contributed by atoms with Gasteiger partial charge < -0.3 is 15.0 Å². The van der Waals surface area contributed by atoms with Crippen LogP contribution in [0, 0.1) is 6.92 Å². The second-order valence-corrected chi connectivity index (χ2v) is 5.61. The van der Waals surface area contributed by atoms with Crippen molar-refractivity contribution >= 4 is 5.82 Å². The summed E-state index contributed by atoms with van der Waals surface area (Å²) in [5.41, 5.74) is 2.45. The minimum Gasteiger partial charge on any atom is -0.383 e. The summed E-state index contributed by atoms with van der Waals surface area (Å²) in [4.78, 5) is 6.95. The van der Waals surface area contributed by atoms with Crippen molar-refractivity contribution in [2.24, 2.45) is 0 Å². The number of pyridine rings is 1. The summed E-state index contributed by atoms with van der Waals surface area (Å²) in [6.07, 6.45) is 1.97. The average molecular weight is 279 g/mol. The predicted octanol–water partition coefficient (Wildman–Crippen LogP) is 2.75. The maximum atomic E-state index is 5.26. The Labute approximate surface area is 123 Å². The molecule has 4 heteroatoms. The highest BCUT2D eigenvalue weighted by Gasteiger charge is 2.16. The van der Waals surface area contributed by atoms with Crippen molar-refractivity contribution in [2.75, 3.05) is 25.2 Å². The second-order valence-electron chi connectivity index (χ2n) is 5.61. The Kier molecular flexibility index (Phi) is 6.96. The first-order valence-corrected chi connectivity index (χ1v) is 7.44. The van der Waals surface area contributed by atoms with Crippen LogP contribution in [0.5, 0.6) is 0 Å². The smallest absolute Gasteiger partial charge is 0.131 e. The van der Waals surface area contributed by atoms with Crippen molar-refractivity contribution < 1.29 is 4.74 Å². The Morgan fingerprint density at radius 1 is 1.35 bits per heavy atom. The molecule has 0 spiro atoms. The molecule has 1 unspecified atom stereocenters. The largest absolute Gasteiger partial charge is 0.383 e. The maximum absolute atomic E-state index is 5.26. The zero-order valence-corrected chi connectivity index (χ0v) is 13.7. The van der Waals surface area contributed by atoms with E-state index in [1.165, 1.54) is 11.1 Å². The van der Waals surface area contributed by atoms with Crippen molar-refractivity contribution in [3.63, 3.8) is 0 Å². The molecule has 0 saturated carbocycles. The lowest BCUT2D eigenvalue weighted by Crippen LogP contribution is -2.37. The van der Waals surface area contributed by atoms with Gasteiger partial charge in [-0.1, -0.05) is 13.8 Å². The second kappa shape index (κ2) is 8.22. The summed E-state index contributed by atoms with van der Waals surface area (Å²) >= 11 is 0. The highest BCUT2D eigenvalue weighted by Crippen LogP contribution is 2.20. The van der Waals surface area contributed by atoms with Gasteiger partial charge in [0.05, 0.1) is 12.6 Å². The molecule has 0 aliphatic carbocycles. The van der Waals surface area contributed by atoms with Gasteiger partial charge in [0.1, 0.15) is 5.82 Å². The van der Waals surface area contributed by atoms with Gasteiger partial charge in [0.15, 0.2) is 0 Å². The highest BCUT2D eigenvalue weighted by molar-refractivity contribution is 5.48. The molecule has 1 aromatic rings. The molecule has 1 aromatic heterocycles. The molecule has 0 aliphatic heterocycles. The van der Waals surface area contributed by atoms with Crippen LogP contribution in [0.25, 0.3) is 0 Å². The van der Waals surface area contributed by atoms with Crippen LogP contribution in [0.4, 0.5) is 5.82 Å². The maximum Gasteiger partial charge on any atom is 0.131 e. The molecule has 20 heavy (non-hydrogen) atoms. The molecule has 0 bridgehead atoms. The average Bonchev–Trinajstić information content (AvgIpc) is 2.39. The van der Waals surface area contributed by atoms with Gasteiger partial charge in [0.25, 0.3) is 0 Å². The van der Waals surface area contributed by atoms with E-state index in [1.54, 1.807) is 7.11 Å². The van der Waals surface area contributed by atoms with Gasteiger partial charge in [-0.3, -0.25) is 0 Å². The van der Waals surface area contributed by atoms with Crippen LogP contribution in [0.3, 0.4) is 0 Å². The molecule has 0 fully saturated rings. The number of nitrogens with one attached hydrogen (secondary N) is 1. The minimum atomic E-state index is 0.329. The van der Waals surface area contributed by atoms with Crippen LogP contribution in [-0.2, 0) is 11.3 Å². The number of likely N-dealkylation sites (N-methyl/N-ethyl adjacent to an activating group) is 1. The monoisotopic (exact) mass is 279 g/mol. The lowest BCUT2D eigenvalue weighted by atomic mass is 10.1. The lowest BCUT2D eigenvalue weighted by molar-refractivity contribution is 0.181. The summed E-state index contributed by atoms with van der Waals surface area (Å²) in [7, 11) is 1.74. The molecular formula is C16H29N3O. The Morgan fingerprint density at radius 3 is 2.55 bits per heavy atom. The standard InChI is InChI=1S/C16H29N3O/c1-7-19(14(5)11-20-6)16-13(4)8-15(10-18-16)9-17-12(2)3/h8,10,12,14,17H,7,9,11H2,1-6H3. The number of nitrogens with zero attached hydrogens (tertiary/aromatic N) is 2. The van der Waals surface area contributed by atoms with Crippen molar-refractivity contribution in [2.45, 2.75) is 53.2 Å². The summed E-state index contributed by atoms with van der Waals surface area (Å²) in [6, 6.07) is 3.04. The minimum absolute atomic E-state index is 0.329. The van der Waals surface area contributed by atoms with E-state index < -0.39 is 0 Å². The quantitative estimate of drug-likeness (QED) is 0.794. The van der Waals surface area contributed by atoms with E-state index >= 15 is 0 Å². The molecular weight excluding hydrogens is 250 g/mol. The van der Waals surface area contributed by atoms with Gasteiger partial charge in [-0.15, -0.1) is 0 Å². The Hall–Kier alpha value is -1.13. The Balaban J connectivity index is 2.84. The summed E-state index contributed by atoms with van der Waals surface area (Å²) in [5, 5.41) is 3.42. The number of anilines is 1. The Bertz CT molecular complexity index is 407. The molecule has 0 aromatic carbocycles. The predicted molar refractivity (Wildman–Crippen MR) is 85.3 cm³/mol. The SMILES string of the molecule is CCN(c1ncc(CNC(C)C)cc1C)C(C)COC. The van der Waals surface area contributed by atoms with E-state index in [4.69, 9.17) is 4.74 Å². The van der Waals surface area contributed by atoms with E-state index in [0.717, 1.165) is 18.9 Å². The van der Waals surface area contributed by atoms with Gasteiger partial charge in [-0.25, -0.2) is 4.98 Å². The van der Waals surface area contributed by atoms with Crippen molar-refractivity contribution in [3.05, 3.63) is 23.4 Å². The van der Waals surface area contributed by atoms with Crippen LogP contribution in [0.15, 0.2) is 12.3 Å². The number of hydrogen-bond acceptors (Lipinski definition) is 4. The first-order valence-electron chi connectivity index (χ1n) is 7.44. The summed E-state index contributed by atoms with van der Waals surface area (Å²) in [5.74, 6) is 1.06. The number of aromatic nitrogens is 1. The number of aryl methyl sites for hydroxylation is 1. The van der Waals surface area contributed by atoms with Crippen molar-refractivity contribution in [1.29, 1.82) is 0 Å². The van der Waals surface area contributed by atoms with E-state index in [1.807, 2.05) is 6.20 Å². The molecule has 0 saturated heterocycles. The van der Waals surface area contributed by atoms with Crippen LogP contribution in [-0.4, -0.2) is 37.3 Å². The third-order valence-electron chi connectivity index (χ3n) is 3.37. The normalized spacial score (nSPS) is 12.8. The zero-order valence-electron chi connectivity index (χ0n) is 13.7. The first-order chi connectivity index (χ1) is 9.49. The molecule has 4 nitrogen and oxygen atoms in total. The van der Waals surface area contributed by atoms with E-state index in [9.17, 15) is 0 Å². The fourth-order valence-electron chi connectivity index (χ4n) is 2.35. The van der Waals surface area contributed by atoms with Crippen LogP contribution >= 0.6 is 0 Å². The highest BCUT2D eigenvalue weighted by atomic mass is 16.5. The molecule has 1 N–H and O–H groups in total. The van der Waals surface area contributed by atoms with E-state index in [2.05, 4.69) is 55.9 Å². The molecule has 0 amide bonds. The van der Waals surface area contributed by atoms with Crippen LogP contribution in [0.2, 0.25) is 0 Å². The first kappa shape index (κ1) is 16.9. The third kappa shape index (κ3) is 4.76. The topological polar surface area (TPSA) is 37.4 Å². The molecule has 0 radical (unpaired) electrons. The molecule has 1 rings (SSSR count). The summed E-state index contributed by atoms with van der Waals surface area (Å²) < 4.78 is 5.26. The van der Waals surface area contributed by atoms with Gasteiger partial charge in [-0.2, -0.15) is 0 Å². The third-order valence-corrected chi connectivity index (χ3v) is 3.37. The zero-order chi connectivity index (χ0) is 15.1. The number of rotatable bonds is 8. The van der Waals surface area contributed by atoms with Crippen LogP contribution < -0.4 is 10.2 Å². The molecule has 0 aliphatic rings. The number of methoxy groups -OCH3 is 1. The fraction of sp³-hybridized carbons (Fsp3) is 0.688. The number of ether oxygens (including phenoxy) is 1. The van der Waals surface area contributed by atoms with Gasteiger partial charge in [0.2, 0.25) is 0 Å². The lowest BCUT2D eigenvalue weighted by Gasteiger charge is -2.30. The van der Waals surface area contributed by atoms with Crippen LogP contribution in [0.1, 0.15) is 38.8 Å². The summed E-state index contributed by atoms with van der Waals surface area (Å²) in [6.45, 7) is 13.3. The van der Waals surface area contributed by atoms with Crippen molar-refractivity contribution in [3.8, 4) is 0 Å². The molecule has 1 heterocycles.